The molecule has 1 saturated heterocycles. The minimum atomic E-state index is -0.436. The van der Waals surface area contributed by atoms with Gasteiger partial charge in [-0.15, -0.1) is 0 Å². The lowest BCUT2D eigenvalue weighted by molar-refractivity contribution is 0.0334. The largest absolute Gasteiger partial charge is 0.341 e. The topological polar surface area (TPSA) is 48.3 Å². The van der Waals surface area contributed by atoms with Crippen molar-refractivity contribution < 1.29 is 4.39 Å². The van der Waals surface area contributed by atoms with Gasteiger partial charge in [0.05, 0.1) is 29.2 Å². The van der Waals surface area contributed by atoms with E-state index in [0.717, 1.165) is 55.8 Å². The Bertz CT molecular complexity index is 1430. The van der Waals surface area contributed by atoms with E-state index < -0.39 is 5.82 Å². The maximum atomic E-state index is 14.0. The SMILES string of the molecule is [C-]#[N+]c1cccc(-c2ccc3c(c2)CCN(Cc2nc4cc(Cl)c(F)cc4[nH]2)C32CCNCC2)c1. The van der Waals surface area contributed by atoms with Crippen molar-refractivity contribution in [1.29, 1.82) is 0 Å². The zero-order valence-corrected chi connectivity index (χ0v) is 20.0. The number of hydrogen-bond acceptors (Lipinski definition) is 3. The number of aromatic nitrogens is 2. The second-order valence-corrected chi connectivity index (χ2v) is 9.86. The number of benzene rings is 3. The predicted octanol–water partition coefficient (Wildman–Crippen LogP) is 6.21. The number of piperidine rings is 1. The lowest BCUT2D eigenvalue weighted by Crippen LogP contribution is -2.55. The van der Waals surface area contributed by atoms with Crippen molar-refractivity contribution >= 4 is 28.3 Å². The van der Waals surface area contributed by atoms with Crippen molar-refractivity contribution in [3.63, 3.8) is 0 Å². The molecule has 3 heterocycles. The monoisotopic (exact) mass is 485 g/mol. The molecule has 0 bridgehead atoms. The molecule has 2 aliphatic rings. The van der Waals surface area contributed by atoms with E-state index in [0.29, 0.717) is 23.3 Å². The van der Waals surface area contributed by atoms with E-state index in [1.165, 1.54) is 17.2 Å². The summed E-state index contributed by atoms with van der Waals surface area (Å²) in [4.78, 5) is 14.2. The van der Waals surface area contributed by atoms with Crippen LogP contribution >= 0.6 is 11.6 Å². The highest BCUT2D eigenvalue weighted by molar-refractivity contribution is 6.31. The van der Waals surface area contributed by atoms with E-state index >= 15 is 0 Å². The molecule has 2 aliphatic heterocycles. The molecule has 7 heteroatoms. The van der Waals surface area contributed by atoms with Crippen LogP contribution in [0.4, 0.5) is 10.1 Å². The van der Waals surface area contributed by atoms with Gasteiger partial charge in [-0.3, -0.25) is 4.90 Å². The number of H-pyrrole nitrogens is 1. The van der Waals surface area contributed by atoms with Crippen LogP contribution < -0.4 is 5.32 Å². The van der Waals surface area contributed by atoms with Crippen LogP contribution in [0, 0.1) is 12.4 Å². The number of fused-ring (bicyclic) bond motifs is 3. The minimum absolute atomic E-state index is 0.0718. The number of nitrogens with one attached hydrogen (secondary N) is 2. The smallest absolute Gasteiger partial charge is 0.187 e. The summed E-state index contributed by atoms with van der Waals surface area (Å²) in [6, 6.07) is 17.6. The number of aromatic amines is 1. The highest BCUT2D eigenvalue weighted by Gasteiger charge is 2.43. The van der Waals surface area contributed by atoms with Crippen molar-refractivity contribution in [2.24, 2.45) is 0 Å². The average molecular weight is 486 g/mol. The van der Waals surface area contributed by atoms with E-state index in [1.54, 1.807) is 6.07 Å². The molecule has 2 N–H and O–H groups in total. The number of hydrogen-bond donors (Lipinski definition) is 2. The zero-order valence-electron chi connectivity index (χ0n) is 19.2. The van der Waals surface area contributed by atoms with Crippen LogP contribution in [0.5, 0.6) is 0 Å². The second kappa shape index (κ2) is 8.76. The Morgan fingerprint density at radius 1 is 1.09 bits per heavy atom. The number of nitrogens with zero attached hydrogens (tertiary/aromatic N) is 3. The summed E-state index contributed by atoms with van der Waals surface area (Å²) in [5, 5.41) is 3.61. The van der Waals surface area contributed by atoms with Crippen molar-refractivity contribution in [2.45, 2.75) is 31.3 Å². The first-order valence-electron chi connectivity index (χ1n) is 12.0. The van der Waals surface area contributed by atoms with E-state index in [1.807, 2.05) is 18.2 Å². The van der Waals surface area contributed by atoms with Gasteiger partial charge < -0.3 is 10.3 Å². The number of rotatable bonds is 3. The van der Waals surface area contributed by atoms with Gasteiger partial charge in [-0.2, -0.15) is 0 Å². The summed E-state index contributed by atoms with van der Waals surface area (Å²) in [6.07, 6.45) is 2.99. The molecule has 35 heavy (non-hydrogen) atoms. The first-order valence-corrected chi connectivity index (χ1v) is 12.3. The minimum Gasteiger partial charge on any atom is -0.341 e. The summed E-state index contributed by atoms with van der Waals surface area (Å²) in [6.45, 7) is 10.9. The maximum absolute atomic E-state index is 14.0. The first kappa shape index (κ1) is 22.2. The van der Waals surface area contributed by atoms with Gasteiger partial charge in [-0.25, -0.2) is 14.2 Å². The maximum Gasteiger partial charge on any atom is 0.187 e. The fraction of sp³-hybridized carbons (Fsp3) is 0.286. The zero-order chi connectivity index (χ0) is 24.0. The molecule has 0 saturated carbocycles. The van der Waals surface area contributed by atoms with Crippen LogP contribution in [-0.2, 0) is 18.5 Å². The van der Waals surface area contributed by atoms with E-state index in [4.69, 9.17) is 23.2 Å². The third kappa shape index (κ3) is 3.90. The summed E-state index contributed by atoms with van der Waals surface area (Å²) in [7, 11) is 0. The normalized spacial score (nSPS) is 17.4. The van der Waals surface area contributed by atoms with E-state index in [9.17, 15) is 4.39 Å². The van der Waals surface area contributed by atoms with Crippen LogP contribution in [0.25, 0.3) is 27.0 Å². The second-order valence-electron chi connectivity index (χ2n) is 9.45. The molecule has 1 aromatic heterocycles. The number of imidazole rings is 1. The molecule has 0 atom stereocenters. The summed E-state index contributed by atoms with van der Waals surface area (Å²) in [5.41, 5.74) is 6.96. The lowest BCUT2D eigenvalue weighted by Gasteiger charge is -2.50. The molecule has 3 aromatic carbocycles. The van der Waals surface area contributed by atoms with Crippen LogP contribution in [0.2, 0.25) is 5.02 Å². The van der Waals surface area contributed by atoms with Gasteiger partial charge >= 0.3 is 0 Å². The fourth-order valence-corrected chi connectivity index (χ4v) is 5.96. The molecule has 176 valence electrons. The summed E-state index contributed by atoms with van der Waals surface area (Å²) in [5.74, 6) is 0.393. The molecule has 4 aromatic rings. The molecule has 6 rings (SSSR count). The molecule has 5 nitrogen and oxygen atoms in total. The highest BCUT2D eigenvalue weighted by atomic mass is 35.5. The molecular weight excluding hydrogens is 461 g/mol. The molecule has 0 amide bonds. The highest BCUT2D eigenvalue weighted by Crippen LogP contribution is 2.44. The third-order valence-electron chi connectivity index (χ3n) is 7.52. The Morgan fingerprint density at radius 3 is 2.74 bits per heavy atom. The van der Waals surface area contributed by atoms with Crippen LogP contribution in [0.1, 0.15) is 29.8 Å². The van der Waals surface area contributed by atoms with Gasteiger partial charge in [-0.1, -0.05) is 48.0 Å². The van der Waals surface area contributed by atoms with Crippen LogP contribution in [-0.4, -0.2) is 34.5 Å². The third-order valence-corrected chi connectivity index (χ3v) is 7.81. The predicted molar refractivity (Wildman–Crippen MR) is 137 cm³/mol. The van der Waals surface area contributed by atoms with Gasteiger partial charge in [0.25, 0.3) is 0 Å². The summed E-state index contributed by atoms with van der Waals surface area (Å²) >= 11 is 5.97. The molecule has 0 aliphatic carbocycles. The van der Waals surface area contributed by atoms with Crippen molar-refractivity contribution in [1.82, 2.24) is 20.2 Å². The Labute approximate surface area is 208 Å². The van der Waals surface area contributed by atoms with Crippen LogP contribution in [0.15, 0.2) is 54.6 Å². The van der Waals surface area contributed by atoms with Gasteiger partial charge in [0.1, 0.15) is 11.6 Å². The molecule has 1 fully saturated rings. The van der Waals surface area contributed by atoms with Crippen molar-refractivity contribution in [3.05, 3.63) is 93.8 Å². The Morgan fingerprint density at radius 2 is 1.91 bits per heavy atom. The van der Waals surface area contributed by atoms with Crippen LogP contribution in [0.3, 0.4) is 0 Å². The summed E-state index contributed by atoms with van der Waals surface area (Å²) < 4.78 is 14.0. The van der Waals surface area contributed by atoms with Gasteiger partial charge in [0.15, 0.2) is 5.69 Å². The Kier molecular flexibility index (Phi) is 5.57. The fourth-order valence-electron chi connectivity index (χ4n) is 5.80. The lowest BCUT2D eigenvalue weighted by atomic mass is 9.74. The van der Waals surface area contributed by atoms with Crippen molar-refractivity contribution in [2.75, 3.05) is 19.6 Å². The Balaban J connectivity index is 1.36. The number of halogens is 2. The molecule has 1 spiro atoms. The first-order chi connectivity index (χ1) is 17.1. The van der Waals surface area contributed by atoms with Gasteiger partial charge in [0.2, 0.25) is 0 Å². The molecular formula is C28H25ClFN5. The van der Waals surface area contributed by atoms with Crippen molar-refractivity contribution in [3.8, 4) is 11.1 Å². The quantitative estimate of drug-likeness (QED) is 0.339. The van der Waals surface area contributed by atoms with Gasteiger partial charge in [-0.05, 0) is 66.7 Å². The van der Waals surface area contributed by atoms with Gasteiger partial charge in [0, 0.05) is 18.2 Å². The Hall–Kier alpha value is -3.24. The average Bonchev–Trinajstić information content (AvgIpc) is 3.27. The molecule has 0 unspecified atom stereocenters. The molecule has 0 radical (unpaired) electrons. The van der Waals surface area contributed by atoms with E-state index in [2.05, 4.69) is 44.3 Å². The van der Waals surface area contributed by atoms with E-state index in [-0.39, 0.29) is 10.6 Å². The standard InChI is InChI=1S/C28H25ClFN5/c1-31-21-4-2-3-18(14-21)19-5-6-22-20(13-19)7-12-35(28(22)8-10-32-11-9-28)17-27-33-25-15-23(29)24(30)16-26(25)34-27/h2-6,13-16,32H,7-12,17H2,(H,33,34).